The molecule has 3 rings (SSSR count). The molecule has 29 heavy (non-hydrogen) atoms. The molecule has 2 amide bonds. The van der Waals surface area contributed by atoms with Crippen molar-refractivity contribution in [2.75, 3.05) is 19.9 Å². The summed E-state index contributed by atoms with van der Waals surface area (Å²) in [6.45, 7) is 3.91. The Morgan fingerprint density at radius 1 is 1.21 bits per heavy atom. The minimum atomic E-state index is -0.458. The summed E-state index contributed by atoms with van der Waals surface area (Å²) in [5, 5.41) is 6.40. The molecule has 9 heteroatoms. The highest BCUT2D eigenvalue weighted by atomic mass is 79.9. The molecule has 0 aliphatic carbocycles. The number of rotatable bonds is 8. The highest BCUT2D eigenvalue weighted by molar-refractivity contribution is 9.10. The monoisotopic (exact) mass is 459 g/mol. The van der Waals surface area contributed by atoms with E-state index in [9.17, 15) is 9.59 Å². The molecule has 150 valence electrons. The Labute approximate surface area is 175 Å². The highest BCUT2D eigenvalue weighted by Gasteiger charge is 2.16. The zero-order valence-corrected chi connectivity index (χ0v) is 16.9. The summed E-state index contributed by atoms with van der Waals surface area (Å²) < 4.78 is 16.6. The van der Waals surface area contributed by atoms with Gasteiger partial charge < -0.3 is 19.5 Å². The molecule has 0 bridgehead atoms. The van der Waals surface area contributed by atoms with Crippen LogP contribution in [0.1, 0.15) is 15.9 Å². The summed E-state index contributed by atoms with van der Waals surface area (Å²) in [7, 11) is 0. The van der Waals surface area contributed by atoms with E-state index in [0.29, 0.717) is 29.4 Å². The number of halogens is 1. The van der Waals surface area contributed by atoms with Crippen molar-refractivity contribution >= 4 is 34.0 Å². The number of benzene rings is 2. The Balaban J connectivity index is 1.46. The Morgan fingerprint density at radius 3 is 2.83 bits per heavy atom. The zero-order valence-electron chi connectivity index (χ0n) is 15.3. The van der Waals surface area contributed by atoms with Crippen LogP contribution < -0.4 is 25.0 Å². The number of hydrazone groups is 1. The first-order chi connectivity index (χ1) is 14.1. The molecule has 1 heterocycles. The van der Waals surface area contributed by atoms with Crippen LogP contribution in [0.15, 0.2) is 58.6 Å². The number of hydrogen-bond donors (Lipinski definition) is 2. The van der Waals surface area contributed by atoms with E-state index in [2.05, 4.69) is 38.4 Å². The lowest BCUT2D eigenvalue weighted by Crippen LogP contribution is -2.34. The maximum Gasteiger partial charge on any atom is 0.259 e. The third-order valence-electron chi connectivity index (χ3n) is 3.76. The van der Waals surface area contributed by atoms with Crippen molar-refractivity contribution in [2.45, 2.75) is 0 Å². The van der Waals surface area contributed by atoms with Crippen molar-refractivity contribution in [3.8, 4) is 17.2 Å². The summed E-state index contributed by atoms with van der Waals surface area (Å²) in [4.78, 5) is 24.0. The Kier molecular flexibility index (Phi) is 6.85. The van der Waals surface area contributed by atoms with Gasteiger partial charge in [-0.05, 0) is 57.9 Å². The summed E-state index contributed by atoms with van der Waals surface area (Å²) in [6.07, 6.45) is 3.14. The standard InChI is InChI=1S/C20H18BrN3O5/c1-2-7-27-16-5-3-13(8-15(16)21)10-23-24-19(25)11-22-20(26)14-4-6-17-18(9-14)29-12-28-17/h2-6,8-10H,1,7,11-12H2,(H,22,26)(H,24,25). The fourth-order valence-corrected chi connectivity index (χ4v) is 2.89. The van der Waals surface area contributed by atoms with Crippen molar-refractivity contribution in [3.63, 3.8) is 0 Å². The van der Waals surface area contributed by atoms with E-state index < -0.39 is 11.8 Å². The van der Waals surface area contributed by atoms with Crippen LogP contribution in [0, 0.1) is 0 Å². The van der Waals surface area contributed by atoms with Crippen molar-refractivity contribution < 1.29 is 23.8 Å². The van der Waals surface area contributed by atoms with Crippen LogP contribution in [0.4, 0.5) is 0 Å². The van der Waals surface area contributed by atoms with Gasteiger partial charge in [0.25, 0.3) is 11.8 Å². The molecular weight excluding hydrogens is 442 g/mol. The molecule has 0 atom stereocenters. The molecule has 0 saturated heterocycles. The number of ether oxygens (including phenoxy) is 3. The predicted octanol–water partition coefficient (Wildman–Crippen LogP) is 2.62. The van der Waals surface area contributed by atoms with E-state index in [-0.39, 0.29) is 13.3 Å². The maximum atomic E-state index is 12.1. The molecular formula is C20H18BrN3O5. The Hall–Kier alpha value is -3.33. The average molecular weight is 460 g/mol. The first-order valence-electron chi connectivity index (χ1n) is 8.60. The predicted molar refractivity (Wildman–Crippen MR) is 110 cm³/mol. The average Bonchev–Trinajstić information content (AvgIpc) is 3.19. The maximum absolute atomic E-state index is 12.1. The van der Waals surface area contributed by atoms with Crippen LogP contribution in [0.5, 0.6) is 17.2 Å². The second kappa shape index (κ2) is 9.74. The smallest absolute Gasteiger partial charge is 0.259 e. The van der Waals surface area contributed by atoms with E-state index in [1.165, 1.54) is 6.21 Å². The summed E-state index contributed by atoms with van der Waals surface area (Å²) in [5.74, 6) is 0.901. The first-order valence-corrected chi connectivity index (χ1v) is 9.39. The minimum Gasteiger partial charge on any atom is -0.488 e. The van der Waals surface area contributed by atoms with Gasteiger partial charge in [0.05, 0.1) is 17.2 Å². The second-order valence-electron chi connectivity index (χ2n) is 5.83. The molecule has 0 unspecified atom stereocenters. The molecule has 0 fully saturated rings. The van der Waals surface area contributed by atoms with Crippen molar-refractivity contribution in [1.29, 1.82) is 0 Å². The number of carbonyl (C=O) groups is 2. The molecule has 8 nitrogen and oxygen atoms in total. The van der Waals surface area contributed by atoms with Gasteiger partial charge in [0.15, 0.2) is 11.5 Å². The third kappa shape index (κ3) is 5.58. The molecule has 0 saturated carbocycles. The van der Waals surface area contributed by atoms with Gasteiger partial charge in [0, 0.05) is 5.56 Å². The van der Waals surface area contributed by atoms with Crippen LogP contribution in [-0.4, -0.2) is 38.0 Å². The summed E-state index contributed by atoms with van der Waals surface area (Å²) in [5.41, 5.74) is 3.49. The largest absolute Gasteiger partial charge is 0.488 e. The fourth-order valence-electron chi connectivity index (χ4n) is 2.38. The van der Waals surface area contributed by atoms with Crippen LogP contribution >= 0.6 is 15.9 Å². The number of nitrogens with zero attached hydrogens (tertiary/aromatic N) is 1. The lowest BCUT2D eigenvalue weighted by molar-refractivity contribution is -0.120. The van der Waals surface area contributed by atoms with Crippen LogP contribution in [-0.2, 0) is 4.79 Å². The highest BCUT2D eigenvalue weighted by Crippen LogP contribution is 2.32. The van der Waals surface area contributed by atoms with Gasteiger partial charge in [-0.3, -0.25) is 9.59 Å². The first kappa shape index (κ1) is 20.4. The molecule has 2 aromatic carbocycles. The number of hydrogen-bond acceptors (Lipinski definition) is 6. The number of nitrogens with one attached hydrogen (secondary N) is 2. The number of amides is 2. The van der Waals surface area contributed by atoms with Crippen molar-refractivity contribution in [2.24, 2.45) is 5.10 Å². The van der Waals surface area contributed by atoms with Gasteiger partial charge in [-0.2, -0.15) is 5.10 Å². The fraction of sp³-hybridized carbons (Fsp3) is 0.150. The number of fused-ring (bicyclic) bond motifs is 1. The Morgan fingerprint density at radius 2 is 2.03 bits per heavy atom. The molecule has 2 N–H and O–H groups in total. The molecule has 0 aromatic heterocycles. The van der Waals surface area contributed by atoms with Crippen molar-refractivity contribution in [3.05, 3.63) is 64.7 Å². The van der Waals surface area contributed by atoms with Gasteiger partial charge >= 0.3 is 0 Å². The molecule has 1 aliphatic heterocycles. The van der Waals surface area contributed by atoms with Crippen LogP contribution in [0.3, 0.4) is 0 Å². The van der Waals surface area contributed by atoms with Gasteiger partial charge in [0.1, 0.15) is 12.4 Å². The normalized spacial score (nSPS) is 11.9. The Bertz CT molecular complexity index is 961. The summed E-state index contributed by atoms with van der Waals surface area (Å²) >= 11 is 3.41. The second-order valence-corrected chi connectivity index (χ2v) is 6.69. The molecule has 1 aliphatic rings. The van der Waals surface area contributed by atoms with E-state index in [1.54, 1.807) is 42.5 Å². The molecule has 0 radical (unpaired) electrons. The molecule has 2 aromatic rings. The van der Waals surface area contributed by atoms with E-state index >= 15 is 0 Å². The van der Waals surface area contributed by atoms with Gasteiger partial charge in [0.2, 0.25) is 6.79 Å². The summed E-state index contributed by atoms with van der Waals surface area (Å²) in [6, 6.07) is 10.2. The van der Waals surface area contributed by atoms with Crippen molar-refractivity contribution in [1.82, 2.24) is 10.7 Å². The molecule has 0 spiro atoms. The van der Waals surface area contributed by atoms with E-state index in [4.69, 9.17) is 14.2 Å². The lowest BCUT2D eigenvalue weighted by atomic mass is 10.2. The van der Waals surface area contributed by atoms with Gasteiger partial charge in [-0.1, -0.05) is 12.7 Å². The topological polar surface area (TPSA) is 98.2 Å². The minimum absolute atomic E-state index is 0.127. The zero-order chi connectivity index (χ0) is 20.6. The lowest BCUT2D eigenvalue weighted by Gasteiger charge is -2.06. The van der Waals surface area contributed by atoms with E-state index in [1.807, 2.05) is 0 Å². The third-order valence-corrected chi connectivity index (χ3v) is 4.38. The SMILES string of the molecule is C=CCOc1ccc(C=NNC(=O)CNC(=O)c2ccc3c(c2)OCO3)cc1Br. The van der Waals surface area contributed by atoms with Crippen LogP contribution in [0.2, 0.25) is 0 Å². The van der Waals surface area contributed by atoms with Crippen LogP contribution in [0.25, 0.3) is 0 Å². The quantitative estimate of drug-likeness (QED) is 0.359. The number of carbonyl (C=O) groups excluding carboxylic acids is 2. The van der Waals surface area contributed by atoms with Gasteiger partial charge in [-0.25, -0.2) is 5.43 Å². The van der Waals surface area contributed by atoms with E-state index in [0.717, 1.165) is 10.0 Å². The van der Waals surface area contributed by atoms with Gasteiger partial charge in [-0.15, -0.1) is 0 Å².